The second kappa shape index (κ2) is 8.94. The molecule has 2 heterocycles. The van der Waals surface area contributed by atoms with Crippen molar-refractivity contribution in [3.63, 3.8) is 0 Å². The Morgan fingerprint density at radius 2 is 2.11 bits per heavy atom. The smallest absolute Gasteiger partial charge is 0.401 e. The number of aromatic nitrogens is 1. The van der Waals surface area contributed by atoms with Crippen LogP contribution < -0.4 is 5.32 Å². The van der Waals surface area contributed by atoms with Gasteiger partial charge in [0, 0.05) is 17.6 Å². The molecule has 0 bridgehead atoms. The molecule has 28 heavy (non-hydrogen) atoms. The second-order valence-electron chi connectivity index (χ2n) is 6.36. The van der Waals surface area contributed by atoms with E-state index >= 15 is 0 Å². The van der Waals surface area contributed by atoms with Gasteiger partial charge in [0.15, 0.2) is 0 Å². The Balaban J connectivity index is 1.72. The Kier molecular flexibility index (Phi) is 6.16. The summed E-state index contributed by atoms with van der Waals surface area (Å²) in [6, 6.07) is 12.7. The van der Waals surface area contributed by atoms with Crippen molar-refractivity contribution < 1.29 is 9.34 Å². The van der Waals surface area contributed by atoms with Crippen molar-refractivity contribution in [1.82, 2.24) is 4.98 Å². The van der Waals surface area contributed by atoms with E-state index in [1.54, 1.807) is 18.2 Å². The zero-order valence-corrected chi connectivity index (χ0v) is 15.9. The van der Waals surface area contributed by atoms with Crippen molar-refractivity contribution in [3.05, 3.63) is 64.0 Å². The van der Waals surface area contributed by atoms with Gasteiger partial charge in [0.25, 0.3) is 0 Å². The molecule has 0 saturated heterocycles. The molecular weight excluding hydrogens is 356 g/mol. The molecule has 144 valence electrons. The number of fused-ring (bicyclic) bond motifs is 1. The van der Waals surface area contributed by atoms with Gasteiger partial charge in [-0.2, -0.15) is 0 Å². The van der Waals surface area contributed by atoms with Crippen molar-refractivity contribution in [3.8, 4) is 0 Å². The van der Waals surface area contributed by atoms with Crippen molar-refractivity contribution >= 4 is 40.5 Å². The van der Waals surface area contributed by atoms with Gasteiger partial charge >= 0.3 is 5.88 Å². The summed E-state index contributed by atoms with van der Waals surface area (Å²) in [5, 5.41) is 15.0. The SMILES string of the molecule is CCCCN=C(C)Nc1ccc2nc(C=Cc3ccc([N+](=O)[O-])o3)ccc2c1. The lowest BCUT2D eigenvalue weighted by Crippen LogP contribution is -2.07. The second-order valence-corrected chi connectivity index (χ2v) is 6.36. The summed E-state index contributed by atoms with van der Waals surface area (Å²) in [7, 11) is 0. The van der Waals surface area contributed by atoms with E-state index < -0.39 is 4.92 Å². The number of benzene rings is 1. The van der Waals surface area contributed by atoms with Crippen LogP contribution in [0.5, 0.6) is 0 Å². The van der Waals surface area contributed by atoms with Crippen LogP contribution in [0.3, 0.4) is 0 Å². The number of hydrogen-bond acceptors (Lipinski definition) is 5. The Hall–Kier alpha value is -3.48. The third kappa shape index (κ3) is 5.03. The first kappa shape index (κ1) is 19.3. The Morgan fingerprint density at radius 3 is 2.86 bits per heavy atom. The van der Waals surface area contributed by atoms with Crippen LogP contribution in [0.15, 0.2) is 51.9 Å². The molecular formula is C21H22N4O3. The first-order valence-electron chi connectivity index (χ1n) is 9.16. The molecule has 0 unspecified atom stereocenters. The molecule has 0 atom stereocenters. The number of amidine groups is 1. The van der Waals surface area contributed by atoms with Crippen LogP contribution >= 0.6 is 0 Å². The third-order valence-corrected chi connectivity index (χ3v) is 4.11. The van der Waals surface area contributed by atoms with Gasteiger partial charge in [-0.25, -0.2) is 4.98 Å². The summed E-state index contributed by atoms with van der Waals surface area (Å²) in [5.74, 6) is 1.03. The molecule has 0 fully saturated rings. The van der Waals surface area contributed by atoms with Gasteiger partial charge in [-0.05, 0) is 55.8 Å². The fourth-order valence-corrected chi connectivity index (χ4v) is 2.66. The molecule has 1 aromatic carbocycles. The fourth-order valence-electron chi connectivity index (χ4n) is 2.66. The maximum Gasteiger partial charge on any atom is 0.433 e. The van der Waals surface area contributed by atoms with Crippen LogP contribution in [0, 0.1) is 10.1 Å². The van der Waals surface area contributed by atoms with Gasteiger partial charge in [-0.15, -0.1) is 0 Å². The van der Waals surface area contributed by atoms with Gasteiger partial charge in [-0.1, -0.05) is 19.4 Å². The highest BCUT2D eigenvalue weighted by atomic mass is 16.6. The number of pyridine rings is 1. The summed E-state index contributed by atoms with van der Waals surface area (Å²) >= 11 is 0. The Morgan fingerprint density at radius 1 is 1.25 bits per heavy atom. The van der Waals surface area contributed by atoms with Crippen LogP contribution in [-0.4, -0.2) is 22.3 Å². The van der Waals surface area contributed by atoms with Crippen LogP contribution in [0.1, 0.15) is 38.1 Å². The maximum absolute atomic E-state index is 10.7. The number of aliphatic imine (C=N–C) groups is 1. The number of anilines is 1. The number of furan rings is 1. The molecule has 0 aliphatic heterocycles. The first-order chi connectivity index (χ1) is 13.5. The van der Waals surface area contributed by atoms with Gasteiger partial charge < -0.3 is 9.73 Å². The molecule has 7 heteroatoms. The number of unbranched alkanes of at least 4 members (excludes halogenated alkanes) is 1. The zero-order valence-electron chi connectivity index (χ0n) is 15.9. The average Bonchev–Trinajstić information content (AvgIpc) is 3.16. The van der Waals surface area contributed by atoms with E-state index in [-0.39, 0.29) is 5.88 Å². The topological polar surface area (TPSA) is 93.6 Å². The fraction of sp³-hybridized carbons (Fsp3) is 0.238. The van der Waals surface area contributed by atoms with E-state index in [9.17, 15) is 10.1 Å². The van der Waals surface area contributed by atoms with E-state index in [2.05, 4.69) is 22.2 Å². The van der Waals surface area contributed by atoms with E-state index in [1.807, 2.05) is 37.3 Å². The molecule has 1 N–H and O–H groups in total. The summed E-state index contributed by atoms with van der Waals surface area (Å²) in [4.78, 5) is 19.2. The summed E-state index contributed by atoms with van der Waals surface area (Å²) in [6.45, 7) is 4.94. The highest BCUT2D eigenvalue weighted by molar-refractivity contribution is 5.95. The molecule has 0 saturated carbocycles. The van der Waals surface area contributed by atoms with Gasteiger partial charge in [0.1, 0.15) is 10.7 Å². The van der Waals surface area contributed by atoms with E-state index in [0.717, 1.165) is 47.5 Å². The molecule has 0 amide bonds. The molecule has 3 rings (SSSR count). The van der Waals surface area contributed by atoms with Crippen LogP contribution in [0.2, 0.25) is 0 Å². The minimum absolute atomic E-state index is 0.278. The quantitative estimate of drug-likeness (QED) is 0.192. The number of hydrogen-bond donors (Lipinski definition) is 1. The van der Waals surface area contributed by atoms with E-state index in [1.165, 1.54) is 6.07 Å². The predicted octanol–water partition coefficient (Wildman–Crippen LogP) is 5.54. The predicted molar refractivity (Wildman–Crippen MR) is 113 cm³/mol. The monoisotopic (exact) mass is 378 g/mol. The van der Waals surface area contributed by atoms with Crippen LogP contribution in [0.4, 0.5) is 11.6 Å². The van der Waals surface area contributed by atoms with Crippen LogP contribution in [0.25, 0.3) is 23.1 Å². The number of rotatable bonds is 7. The van der Waals surface area contributed by atoms with Crippen molar-refractivity contribution in [2.45, 2.75) is 26.7 Å². The van der Waals surface area contributed by atoms with E-state index in [4.69, 9.17) is 4.42 Å². The van der Waals surface area contributed by atoms with Crippen molar-refractivity contribution in [1.29, 1.82) is 0 Å². The van der Waals surface area contributed by atoms with Gasteiger partial charge in [0.05, 0.1) is 23.1 Å². The first-order valence-corrected chi connectivity index (χ1v) is 9.16. The van der Waals surface area contributed by atoms with Gasteiger partial charge in [-0.3, -0.25) is 15.1 Å². The van der Waals surface area contributed by atoms with Crippen molar-refractivity contribution in [2.24, 2.45) is 4.99 Å². The summed E-state index contributed by atoms with van der Waals surface area (Å²) in [6.07, 6.45) is 5.64. The van der Waals surface area contributed by atoms with Crippen LogP contribution in [-0.2, 0) is 0 Å². The third-order valence-electron chi connectivity index (χ3n) is 4.11. The van der Waals surface area contributed by atoms with Crippen molar-refractivity contribution in [2.75, 3.05) is 11.9 Å². The molecule has 0 aliphatic rings. The lowest BCUT2D eigenvalue weighted by Gasteiger charge is -2.07. The Labute approximate surface area is 163 Å². The summed E-state index contributed by atoms with van der Waals surface area (Å²) in [5.41, 5.74) is 2.57. The summed E-state index contributed by atoms with van der Waals surface area (Å²) < 4.78 is 5.11. The van der Waals surface area contributed by atoms with Gasteiger partial charge in [0.2, 0.25) is 0 Å². The maximum atomic E-state index is 10.7. The minimum Gasteiger partial charge on any atom is -0.401 e. The highest BCUT2D eigenvalue weighted by Crippen LogP contribution is 2.20. The number of nitrogens with zero attached hydrogens (tertiary/aromatic N) is 3. The normalized spacial score (nSPS) is 12.0. The largest absolute Gasteiger partial charge is 0.433 e. The molecule has 2 aromatic heterocycles. The number of nitrogens with one attached hydrogen (secondary N) is 1. The molecule has 0 aliphatic carbocycles. The standard InChI is InChI=1S/C21H22N4O3/c1-3-4-13-22-15(2)23-18-8-11-20-16(14-18)5-6-17(24-20)7-9-19-10-12-21(28-19)25(26)27/h5-12,14H,3-4,13H2,1-2H3,(H,22,23). The zero-order chi connectivity index (χ0) is 19.9. The number of nitro groups is 1. The Bertz CT molecular complexity index is 1040. The molecule has 3 aromatic rings. The minimum atomic E-state index is -0.562. The molecule has 7 nitrogen and oxygen atoms in total. The van der Waals surface area contributed by atoms with E-state index in [0.29, 0.717) is 5.76 Å². The molecule has 0 radical (unpaired) electrons. The lowest BCUT2D eigenvalue weighted by atomic mass is 10.1. The molecule has 0 spiro atoms. The average molecular weight is 378 g/mol. The lowest BCUT2D eigenvalue weighted by molar-refractivity contribution is -0.402. The highest BCUT2D eigenvalue weighted by Gasteiger charge is 2.09.